The van der Waals surface area contributed by atoms with Gasteiger partial charge in [-0.25, -0.2) is 17.9 Å². The van der Waals surface area contributed by atoms with Crippen molar-refractivity contribution in [3.63, 3.8) is 0 Å². The van der Waals surface area contributed by atoms with Gasteiger partial charge in [-0.2, -0.15) is 0 Å². The summed E-state index contributed by atoms with van der Waals surface area (Å²) in [6.07, 6.45) is 0. The van der Waals surface area contributed by atoms with E-state index in [0.29, 0.717) is 5.69 Å². The van der Waals surface area contributed by atoms with E-state index in [1.165, 1.54) is 18.2 Å². The van der Waals surface area contributed by atoms with Crippen molar-refractivity contribution in [1.82, 2.24) is 4.72 Å². The molecule has 2 rings (SSSR count). The topological polar surface area (TPSA) is 101 Å². The van der Waals surface area contributed by atoms with Gasteiger partial charge in [0.2, 0.25) is 0 Å². The Morgan fingerprint density at radius 2 is 1.55 bits per heavy atom. The lowest BCUT2D eigenvalue weighted by Gasteiger charge is -2.10. The molecule has 0 heterocycles. The molecule has 0 saturated heterocycles. The molecule has 20 heavy (non-hydrogen) atoms. The molecule has 6 nitrogen and oxygen atoms in total. The van der Waals surface area contributed by atoms with Crippen molar-refractivity contribution in [2.45, 2.75) is 4.90 Å². The zero-order chi connectivity index (χ0) is 14.6. The first-order valence-electron chi connectivity index (χ1n) is 5.72. The van der Waals surface area contributed by atoms with Crippen LogP contribution < -0.4 is 15.8 Å². The first-order chi connectivity index (χ1) is 9.49. The maximum atomic E-state index is 12.0. The maximum absolute atomic E-state index is 12.0. The number of urea groups is 1. The first kappa shape index (κ1) is 13.9. The third-order valence-corrected chi connectivity index (χ3v) is 3.87. The number of amides is 2. The number of benzene rings is 2. The highest BCUT2D eigenvalue weighted by molar-refractivity contribution is 7.90. The van der Waals surface area contributed by atoms with Crippen LogP contribution in [0, 0.1) is 0 Å². The van der Waals surface area contributed by atoms with Gasteiger partial charge in [0.25, 0.3) is 10.0 Å². The largest absolute Gasteiger partial charge is 0.398 e. The molecule has 0 unspecified atom stereocenters. The van der Waals surface area contributed by atoms with Crippen LogP contribution in [0.4, 0.5) is 16.2 Å². The number of nitrogens with two attached hydrogens (primary N) is 1. The first-order valence-corrected chi connectivity index (χ1v) is 7.21. The molecule has 0 spiro atoms. The molecule has 0 aromatic heterocycles. The Bertz CT molecular complexity index is 715. The predicted molar refractivity (Wildman–Crippen MR) is 76.6 cm³/mol. The van der Waals surface area contributed by atoms with Gasteiger partial charge < -0.3 is 11.1 Å². The van der Waals surface area contributed by atoms with Gasteiger partial charge in [0.1, 0.15) is 4.90 Å². The molecular formula is C13H13N3O3S. The summed E-state index contributed by atoms with van der Waals surface area (Å²) in [7, 11) is -4.00. The van der Waals surface area contributed by atoms with Crippen LogP contribution in [0.2, 0.25) is 0 Å². The molecule has 2 aromatic carbocycles. The van der Waals surface area contributed by atoms with Crippen LogP contribution in [0.25, 0.3) is 0 Å². The average molecular weight is 291 g/mol. The monoisotopic (exact) mass is 291 g/mol. The Labute approximate surface area is 116 Å². The van der Waals surface area contributed by atoms with Gasteiger partial charge >= 0.3 is 6.03 Å². The van der Waals surface area contributed by atoms with Crippen LogP contribution in [0.3, 0.4) is 0 Å². The fourth-order valence-electron chi connectivity index (χ4n) is 1.58. The predicted octanol–water partition coefficient (Wildman–Crippen LogP) is 1.78. The summed E-state index contributed by atoms with van der Waals surface area (Å²) < 4.78 is 25.9. The number of nitrogens with one attached hydrogen (secondary N) is 2. The molecular weight excluding hydrogens is 278 g/mol. The molecule has 2 amide bonds. The second kappa shape index (κ2) is 5.62. The summed E-state index contributed by atoms with van der Waals surface area (Å²) in [6.45, 7) is 0. The summed E-state index contributed by atoms with van der Waals surface area (Å²) >= 11 is 0. The number of carbonyl (C=O) groups is 1. The van der Waals surface area contributed by atoms with E-state index in [1.807, 2.05) is 4.72 Å². The van der Waals surface area contributed by atoms with Gasteiger partial charge in [0.15, 0.2) is 0 Å². The van der Waals surface area contributed by atoms with Gasteiger partial charge in [-0.15, -0.1) is 0 Å². The molecule has 0 aliphatic carbocycles. The summed E-state index contributed by atoms with van der Waals surface area (Å²) in [5.41, 5.74) is 6.15. The highest BCUT2D eigenvalue weighted by Crippen LogP contribution is 2.16. The normalized spacial score (nSPS) is 10.8. The fourth-order valence-corrected chi connectivity index (χ4v) is 2.62. The molecule has 0 saturated carbocycles. The van der Waals surface area contributed by atoms with Crippen molar-refractivity contribution in [3.05, 3.63) is 54.6 Å². The minimum Gasteiger partial charge on any atom is -0.398 e. The van der Waals surface area contributed by atoms with Crippen LogP contribution in [0.15, 0.2) is 59.5 Å². The number of sulfonamides is 1. The zero-order valence-corrected chi connectivity index (χ0v) is 11.2. The molecule has 0 fully saturated rings. The summed E-state index contributed by atoms with van der Waals surface area (Å²) in [5, 5.41) is 2.42. The minimum absolute atomic E-state index is 0.0764. The van der Waals surface area contributed by atoms with E-state index in [9.17, 15) is 13.2 Å². The molecule has 2 aromatic rings. The number of nitrogen functional groups attached to an aromatic ring is 1. The van der Waals surface area contributed by atoms with E-state index < -0.39 is 16.1 Å². The van der Waals surface area contributed by atoms with E-state index >= 15 is 0 Å². The second-order valence-electron chi connectivity index (χ2n) is 3.96. The van der Waals surface area contributed by atoms with E-state index in [-0.39, 0.29) is 10.6 Å². The third-order valence-electron chi connectivity index (χ3n) is 2.47. The lowest BCUT2D eigenvalue weighted by Crippen LogP contribution is -2.34. The number of anilines is 2. The highest BCUT2D eigenvalue weighted by Gasteiger charge is 2.19. The summed E-state index contributed by atoms with van der Waals surface area (Å²) in [4.78, 5) is 11.5. The second-order valence-corrected chi connectivity index (χ2v) is 5.61. The lowest BCUT2D eigenvalue weighted by molar-refractivity contribution is 0.256. The number of rotatable bonds is 3. The molecule has 0 atom stereocenters. The van der Waals surface area contributed by atoms with Crippen molar-refractivity contribution >= 4 is 27.4 Å². The molecule has 4 N–H and O–H groups in total. The van der Waals surface area contributed by atoms with Crippen molar-refractivity contribution in [3.8, 4) is 0 Å². The lowest BCUT2D eigenvalue weighted by atomic mass is 10.3. The SMILES string of the molecule is Nc1ccccc1S(=O)(=O)NC(=O)Nc1ccccc1. The third kappa shape index (κ3) is 3.27. The van der Waals surface area contributed by atoms with Crippen LogP contribution in [0.1, 0.15) is 0 Å². The van der Waals surface area contributed by atoms with Gasteiger partial charge in [-0.05, 0) is 24.3 Å². The molecule has 0 aliphatic rings. The van der Waals surface area contributed by atoms with Crippen LogP contribution in [-0.2, 0) is 10.0 Å². The molecule has 104 valence electrons. The van der Waals surface area contributed by atoms with Gasteiger partial charge in [0, 0.05) is 5.69 Å². The average Bonchev–Trinajstić information content (AvgIpc) is 2.39. The highest BCUT2D eigenvalue weighted by atomic mass is 32.2. The number of hydrogen-bond acceptors (Lipinski definition) is 4. The smallest absolute Gasteiger partial charge is 0.333 e. The van der Waals surface area contributed by atoms with Crippen molar-refractivity contribution in [2.24, 2.45) is 0 Å². The standard InChI is InChI=1S/C13H13N3O3S/c14-11-8-4-5-9-12(11)20(18,19)16-13(17)15-10-6-2-1-3-7-10/h1-9H,14H2,(H2,15,16,17). The number of hydrogen-bond donors (Lipinski definition) is 3. The Hall–Kier alpha value is -2.54. The number of para-hydroxylation sites is 2. The zero-order valence-electron chi connectivity index (χ0n) is 10.4. The van der Waals surface area contributed by atoms with Crippen molar-refractivity contribution < 1.29 is 13.2 Å². The molecule has 0 aliphatic heterocycles. The van der Waals surface area contributed by atoms with Gasteiger partial charge in [-0.3, -0.25) is 0 Å². The molecule has 0 radical (unpaired) electrons. The van der Waals surface area contributed by atoms with Crippen LogP contribution >= 0.6 is 0 Å². The minimum atomic E-state index is -4.00. The fraction of sp³-hybridized carbons (Fsp3) is 0. The molecule has 7 heteroatoms. The van der Waals surface area contributed by atoms with E-state index in [4.69, 9.17) is 5.73 Å². The quantitative estimate of drug-likeness (QED) is 0.750. The summed E-state index contributed by atoms with van der Waals surface area (Å²) in [6, 6.07) is 13.6. The Kier molecular flexibility index (Phi) is 3.90. The Balaban J connectivity index is 2.13. The number of carbonyl (C=O) groups excluding carboxylic acids is 1. The van der Waals surface area contributed by atoms with E-state index in [0.717, 1.165) is 0 Å². The van der Waals surface area contributed by atoms with Crippen LogP contribution in [-0.4, -0.2) is 14.4 Å². The Morgan fingerprint density at radius 3 is 2.20 bits per heavy atom. The van der Waals surface area contributed by atoms with Crippen LogP contribution in [0.5, 0.6) is 0 Å². The molecule has 0 bridgehead atoms. The van der Waals surface area contributed by atoms with Gasteiger partial charge in [-0.1, -0.05) is 30.3 Å². The summed E-state index contributed by atoms with van der Waals surface area (Å²) in [5.74, 6) is 0. The van der Waals surface area contributed by atoms with E-state index in [1.54, 1.807) is 36.4 Å². The Morgan fingerprint density at radius 1 is 0.950 bits per heavy atom. The van der Waals surface area contributed by atoms with Crippen molar-refractivity contribution in [1.29, 1.82) is 0 Å². The maximum Gasteiger partial charge on any atom is 0.333 e. The van der Waals surface area contributed by atoms with E-state index in [2.05, 4.69) is 5.32 Å². The van der Waals surface area contributed by atoms with Gasteiger partial charge in [0.05, 0.1) is 5.69 Å². The van der Waals surface area contributed by atoms with Crippen molar-refractivity contribution in [2.75, 3.05) is 11.1 Å².